The summed E-state index contributed by atoms with van der Waals surface area (Å²) >= 11 is 5.79. The van der Waals surface area contributed by atoms with Crippen LogP contribution in [0.2, 0.25) is 5.28 Å². The van der Waals surface area contributed by atoms with Crippen LogP contribution in [0.4, 0.5) is 11.9 Å². The predicted molar refractivity (Wildman–Crippen MR) is 62.9 cm³/mol. The molecule has 0 amide bonds. The zero-order valence-electron chi connectivity index (χ0n) is 9.35. The van der Waals surface area contributed by atoms with Crippen LogP contribution in [0, 0.1) is 0 Å². The van der Waals surface area contributed by atoms with Crippen molar-refractivity contribution in [2.75, 3.05) is 24.3 Å². The summed E-state index contributed by atoms with van der Waals surface area (Å²) in [6.45, 7) is 0.438. The number of nitrogens with one attached hydrogen (secondary N) is 2. The molecule has 2 N–H and O–H groups in total. The summed E-state index contributed by atoms with van der Waals surface area (Å²) in [4.78, 5) is 17.8. The maximum atomic E-state index is 5.79. The molecule has 2 heterocycles. The molecule has 2 rings (SSSR count). The van der Waals surface area contributed by atoms with Crippen molar-refractivity contribution in [2.24, 2.45) is 0 Å². The third-order valence-corrected chi connectivity index (χ3v) is 2.04. The minimum atomic E-state index is 0.142. The van der Waals surface area contributed by atoms with E-state index in [4.69, 9.17) is 11.6 Å². The van der Waals surface area contributed by atoms with Gasteiger partial charge in [-0.15, -0.1) is 0 Å². The number of aromatic nitrogens is 6. The second kappa shape index (κ2) is 4.91. The van der Waals surface area contributed by atoms with Gasteiger partial charge in [0.15, 0.2) is 0 Å². The molecule has 2 aromatic heterocycles. The first-order valence-corrected chi connectivity index (χ1v) is 5.20. The lowest BCUT2D eigenvalue weighted by molar-refractivity contribution is 0.909. The maximum absolute atomic E-state index is 5.79. The highest BCUT2D eigenvalue weighted by Crippen LogP contribution is 2.11. The molecule has 2 aromatic rings. The number of aromatic amines is 1. The van der Waals surface area contributed by atoms with Crippen LogP contribution in [0.15, 0.2) is 6.33 Å². The topological polar surface area (TPSA) is 95.5 Å². The molecule has 0 atom stereocenters. The maximum Gasteiger partial charge on any atom is 0.230 e. The van der Waals surface area contributed by atoms with Gasteiger partial charge in [0, 0.05) is 14.1 Å². The van der Waals surface area contributed by atoms with Gasteiger partial charge in [0.1, 0.15) is 12.2 Å². The standard InChI is InChI=1S/C8H11ClN8/c1-17(2)8-14-6(9)13-7(15-8)10-3-5-11-4-12-16-5/h4H,3H2,1-2H3,(H,11,12,16)(H,10,13,14,15). The van der Waals surface area contributed by atoms with Gasteiger partial charge in [0.05, 0.1) is 6.54 Å². The third-order valence-electron chi connectivity index (χ3n) is 1.88. The van der Waals surface area contributed by atoms with Crippen molar-refractivity contribution in [1.29, 1.82) is 0 Å². The Labute approximate surface area is 102 Å². The first kappa shape index (κ1) is 11.5. The van der Waals surface area contributed by atoms with Crippen molar-refractivity contribution in [1.82, 2.24) is 30.1 Å². The van der Waals surface area contributed by atoms with Crippen LogP contribution in [-0.4, -0.2) is 44.2 Å². The summed E-state index contributed by atoms with van der Waals surface area (Å²) < 4.78 is 0. The van der Waals surface area contributed by atoms with Gasteiger partial charge in [-0.25, -0.2) is 4.98 Å². The first-order chi connectivity index (χ1) is 8.15. The average molecular weight is 255 g/mol. The average Bonchev–Trinajstić information content (AvgIpc) is 2.78. The highest BCUT2D eigenvalue weighted by atomic mass is 35.5. The lowest BCUT2D eigenvalue weighted by atomic mass is 10.6. The summed E-state index contributed by atoms with van der Waals surface area (Å²) in [5.74, 6) is 1.57. The SMILES string of the molecule is CN(C)c1nc(Cl)nc(NCc2ncn[nH]2)n1. The number of H-pyrrole nitrogens is 1. The van der Waals surface area contributed by atoms with Gasteiger partial charge in [-0.1, -0.05) is 0 Å². The monoisotopic (exact) mass is 254 g/mol. The van der Waals surface area contributed by atoms with Crippen LogP contribution in [0.5, 0.6) is 0 Å². The Balaban J connectivity index is 2.10. The summed E-state index contributed by atoms with van der Waals surface area (Å²) in [7, 11) is 3.65. The number of halogens is 1. The van der Waals surface area contributed by atoms with E-state index in [2.05, 4.69) is 35.5 Å². The molecule has 0 aliphatic rings. The van der Waals surface area contributed by atoms with E-state index in [9.17, 15) is 0 Å². The van der Waals surface area contributed by atoms with Crippen LogP contribution < -0.4 is 10.2 Å². The highest BCUT2D eigenvalue weighted by molar-refractivity contribution is 6.28. The summed E-state index contributed by atoms with van der Waals surface area (Å²) in [5, 5.41) is 9.57. The van der Waals surface area contributed by atoms with Crippen LogP contribution in [-0.2, 0) is 6.54 Å². The minimum absolute atomic E-state index is 0.142. The van der Waals surface area contributed by atoms with E-state index in [-0.39, 0.29) is 5.28 Å². The molecule has 0 aliphatic heterocycles. The largest absolute Gasteiger partial charge is 0.347 e. The third kappa shape index (κ3) is 3.00. The Morgan fingerprint density at radius 1 is 1.35 bits per heavy atom. The zero-order chi connectivity index (χ0) is 12.3. The molecular weight excluding hydrogens is 244 g/mol. The van der Waals surface area contributed by atoms with Crippen molar-refractivity contribution >= 4 is 23.5 Å². The minimum Gasteiger partial charge on any atom is -0.347 e. The fourth-order valence-electron chi connectivity index (χ4n) is 1.10. The van der Waals surface area contributed by atoms with E-state index < -0.39 is 0 Å². The summed E-state index contributed by atoms with van der Waals surface area (Å²) in [6.07, 6.45) is 1.43. The molecule has 8 nitrogen and oxygen atoms in total. The van der Waals surface area contributed by atoms with Gasteiger partial charge in [-0.05, 0) is 11.6 Å². The lowest BCUT2D eigenvalue weighted by Crippen LogP contribution is -2.15. The first-order valence-electron chi connectivity index (χ1n) is 4.82. The second-order valence-electron chi connectivity index (χ2n) is 3.41. The Morgan fingerprint density at radius 3 is 2.82 bits per heavy atom. The smallest absolute Gasteiger partial charge is 0.230 e. The highest BCUT2D eigenvalue weighted by Gasteiger charge is 2.06. The molecule has 0 saturated carbocycles. The van der Waals surface area contributed by atoms with Gasteiger partial charge in [-0.3, -0.25) is 5.10 Å². The number of hydrogen-bond acceptors (Lipinski definition) is 7. The second-order valence-corrected chi connectivity index (χ2v) is 3.75. The van der Waals surface area contributed by atoms with E-state index in [1.54, 1.807) is 4.90 Å². The molecule has 0 fully saturated rings. The Morgan fingerprint density at radius 2 is 2.18 bits per heavy atom. The van der Waals surface area contributed by atoms with E-state index in [1.165, 1.54) is 6.33 Å². The van der Waals surface area contributed by atoms with E-state index in [1.807, 2.05) is 14.1 Å². The van der Waals surface area contributed by atoms with E-state index in [0.717, 1.165) is 0 Å². The Hall–Kier alpha value is -1.96. The quantitative estimate of drug-likeness (QED) is 0.811. The lowest BCUT2D eigenvalue weighted by Gasteiger charge is -2.11. The number of hydrogen-bond donors (Lipinski definition) is 2. The van der Waals surface area contributed by atoms with Gasteiger partial charge in [-0.2, -0.15) is 20.1 Å². The van der Waals surface area contributed by atoms with Gasteiger partial charge in [0.2, 0.25) is 17.2 Å². The molecule has 0 saturated heterocycles. The van der Waals surface area contributed by atoms with Gasteiger partial charge < -0.3 is 10.2 Å². The van der Waals surface area contributed by atoms with E-state index >= 15 is 0 Å². The van der Waals surface area contributed by atoms with Crippen molar-refractivity contribution in [3.63, 3.8) is 0 Å². The number of anilines is 2. The Bertz CT molecular complexity index is 482. The molecule has 17 heavy (non-hydrogen) atoms. The summed E-state index contributed by atoms with van der Waals surface area (Å²) in [5.41, 5.74) is 0. The van der Waals surface area contributed by atoms with Crippen molar-refractivity contribution < 1.29 is 0 Å². The molecule has 90 valence electrons. The number of nitrogens with zero attached hydrogens (tertiary/aromatic N) is 6. The summed E-state index contributed by atoms with van der Waals surface area (Å²) in [6, 6.07) is 0. The molecular formula is C8H11ClN8. The normalized spacial score (nSPS) is 10.3. The molecule has 0 aromatic carbocycles. The fourth-order valence-corrected chi connectivity index (χ4v) is 1.25. The molecule has 9 heteroatoms. The van der Waals surface area contributed by atoms with Gasteiger partial charge in [0.25, 0.3) is 0 Å². The van der Waals surface area contributed by atoms with E-state index in [0.29, 0.717) is 24.3 Å². The van der Waals surface area contributed by atoms with Crippen LogP contribution in [0.3, 0.4) is 0 Å². The molecule has 0 bridgehead atoms. The Kier molecular flexibility index (Phi) is 3.33. The molecule has 0 aliphatic carbocycles. The number of rotatable bonds is 4. The fraction of sp³-hybridized carbons (Fsp3) is 0.375. The van der Waals surface area contributed by atoms with Crippen LogP contribution in [0.25, 0.3) is 0 Å². The predicted octanol–water partition coefficient (Wildman–Crippen LogP) is 0.321. The van der Waals surface area contributed by atoms with Crippen LogP contribution in [0.1, 0.15) is 5.82 Å². The van der Waals surface area contributed by atoms with Crippen LogP contribution >= 0.6 is 11.6 Å². The molecule has 0 radical (unpaired) electrons. The van der Waals surface area contributed by atoms with Crippen molar-refractivity contribution in [2.45, 2.75) is 6.54 Å². The molecule has 0 unspecified atom stereocenters. The van der Waals surface area contributed by atoms with Crippen molar-refractivity contribution in [3.8, 4) is 0 Å². The van der Waals surface area contributed by atoms with Crippen molar-refractivity contribution in [3.05, 3.63) is 17.4 Å². The molecule has 0 spiro atoms. The zero-order valence-corrected chi connectivity index (χ0v) is 10.1. The van der Waals surface area contributed by atoms with Gasteiger partial charge >= 0.3 is 0 Å².